The number of ether oxygens (including phenoxy) is 1. The van der Waals surface area contributed by atoms with E-state index in [0.717, 1.165) is 39.5 Å². The van der Waals surface area contributed by atoms with Crippen LogP contribution in [0.3, 0.4) is 0 Å². The fourth-order valence-electron chi connectivity index (χ4n) is 2.10. The maximum atomic E-state index is 6.15. The van der Waals surface area contributed by atoms with Crippen LogP contribution in [0.15, 0.2) is 22.7 Å². The average molecular weight is 352 g/mol. The number of aryl methyl sites for hydroxylation is 2. The third kappa shape index (κ3) is 3.86. The van der Waals surface area contributed by atoms with Crippen molar-refractivity contribution < 1.29 is 4.74 Å². The van der Waals surface area contributed by atoms with Crippen LogP contribution in [-0.4, -0.2) is 15.8 Å². The number of halogens is 1. The topological polar surface area (TPSA) is 39.1 Å². The van der Waals surface area contributed by atoms with Gasteiger partial charge in [0.1, 0.15) is 11.4 Å². The summed E-state index contributed by atoms with van der Waals surface area (Å²) in [6.45, 7) is 9.02. The Morgan fingerprint density at radius 2 is 2.05 bits per heavy atom. The molecule has 0 fully saturated rings. The van der Waals surface area contributed by atoms with E-state index in [1.54, 1.807) is 0 Å². The highest BCUT2D eigenvalue weighted by molar-refractivity contribution is 9.10. The van der Waals surface area contributed by atoms with Crippen LogP contribution in [0.2, 0.25) is 0 Å². The summed E-state index contributed by atoms with van der Waals surface area (Å²) in [5, 5.41) is 7.82. The van der Waals surface area contributed by atoms with E-state index >= 15 is 0 Å². The summed E-state index contributed by atoms with van der Waals surface area (Å²) >= 11 is 3.51. The van der Waals surface area contributed by atoms with E-state index in [4.69, 9.17) is 4.74 Å². The van der Waals surface area contributed by atoms with Crippen molar-refractivity contribution in [1.82, 2.24) is 15.1 Å². The quantitative estimate of drug-likeness (QED) is 0.881. The fraction of sp³-hybridized carbons (Fsp3) is 0.438. The van der Waals surface area contributed by atoms with Gasteiger partial charge in [0.25, 0.3) is 0 Å². The number of rotatable bonds is 5. The normalized spacial score (nSPS) is 11.2. The maximum Gasteiger partial charge on any atom is 0.171 e. The predicted octanol–water partition coefficient (Wildman–Crippen LogP) is 4.09. The predicted molar refractivity (Wildman–Crippen MR) is 88.9 cm³/mol. The van der Waals surface area contributed by atoms with Crippen molar-refractivity contribution in [3.05, 3.63) is 39.6 Å². The zero-order valence-electron chi connectivity index (χ0n) is 13.2. The lowest BCUT2D eigenvalue weighted by Gasteiger charge is -2.14. The Morgan fingerprint density at radius 1 is 1.33 bits per heavy atom. The molecular formula is C16H22BrN3O. The third-order valence-corrected chi connectivity index (χ3v) is 3.88. The molecule has 0 atom stereocenters. The van der Waals surface area contributed by atoms with E-state index in [9.17, 15) is 0 Å². The van der Waals surface area contributed by atoms with Crippen LogP contribution in [0.25, 0.3) is 0 Å². The van der Waals surface area contributed by atoms with Crippen LogP contribution in [0.4, 0.5) is 0 Å². The lowest BCUT2D eigenvalue weighted by molar-refractivity contribution is 0.461. The highest BCUT2D eigenvalue weighted by atomic mass is 79.9. The van der Waals surface area contributed by atoms with Gasteiger partial charge >= 0.3 is 0 Å². The molecule has 0 aliphatic carbocycles. The summed E-state index contributed by atoms with van der Waals surface area (Å²) in [6.07, 6.45) is 0. The first kappa shape index (κ1) is 16.0. The molecule has 0 aliphatic rings. The second kappa shape index (κ2) is 6.62. The van der Waals surface area contributed by atoms with E-state index in [0.29, 0.717) is 6.04 Å². The van der Waals surface area contributed by atoms with Gasteiger partial charge in [0.15, 0.2) is 5.75 Å². The van der Waals surface area contributed by atoms with Gasteiger partial charge in [-0.25, -0.2) is 0 Å². The van der Waals surface area contributed by atoms with Gasteiger partial charge in [-0.15, -0.1) is 0 Å². The Labute approximate surface area is 134 Å². The minimum atomic E-state index is 0.434. The lowest BCUT2D eigenvalue weighted by Crippen LogP contribution is -2.22. The highest BCUT2D eigenvalue weighted by Crippen LogP contribution is 2.32. The van der Waals surface area contributed by atoms with Crippen molar-refractivity contribution in [2.75, 3.05) is 0 Å². The van der Waals surface area contributed by atoms with Gasteiger partial charge in [0.2, 0.25) is 0 Å². The van der Waals surface area contributed by atoms with Gasteiger partial charge in [-0.2, -0.15) is 5.10 Å². The Morgan fingerprint density at radius 3 is 2.62 bits per heavy atom. The molecule has 114 valence electrons. The van der Waals surface area contributed by atoms with Gasteiger partial charge in [0, 0.05) is 29.7 Å². The summed E-state index contributed by atoms with van der Waals surface area (Å²) in [5.41, 5.74) is 3.06. The van der Waals surface area contributed by atoms with E-state index in [2.05, 4.69) is 46.3 Å². The molecule has 0 bridgehead atoms. The van der Waals surface area contributed by atoms with Gasteiger partial charge in [0.05, 0.1) is 5.69 Å². The average Bonchev–Trinajstić information content (AvgIpc) is 2.64. The molecule has 4 nitrogen and oxygen atoms in total. The van der Waals surface area contributed by atoms with E-state index in [1.807, 2.05) is 37.7 Å². The van der Waals surface area contributed by atoms with Crippen molar-refractivity contribution in [3.8, 4) is 11.5 Å². The third-order valence-electron chi connectivity index (χ3n) is 3.38. The SMILES string of the molecule is Cc1nn(C)c(C)c1Oc1cc(Br)ccc1CNC(C)C. The summed E-state index contributed by atoms with van der Waals surface area (Å²) in [5.74, 6) is 1.69. The molecule has 0 aliphatic heterocycles. The number of aromatic nitrogens is 2. The summed E-state index contributed by atoms with van der Waals surface area (Å²) in [4.78, 5) is 0. The second-order valence-corrected chi connectivity index (χ2v) is 6.43. The molecule has 0 unspecified atom stereocenters. The molecule has 0 spiro atoms. The van der Waals surface area contributed by atoms with Crippen LogP contribution in [0.1, 0.15) is 30.8 Å². The lowest BCUT2D eigenvalue weighted by atomic mass is 10.2. The van der Waals surface area contributed by atoms with Gasteiger partial charge in [-0.3, -0.25) is 4.68 Å². The van der Waals surface area contributed by atoms with Crippen molar-refractivity contribution in [2.24, 2.45) is 7.05 Å². The minimum absolute atomic E-state index is 0.434. The molecule has 1 N–H and O–H groups in total. The Balaban J connectivity index is 2.31. The standard InChI is InChI=1S/C16H22BrN3O/c1-10(2)18-9-13-6-7-14(17)8-15(13)21-16-11(3)19-20(5)12(16)4/h6-8,10,18H,9H2,1-5H3. The van der Waals surface area contributed by atoms with Crippen molar-refractivity contribution in [1.29, 1.82) is 0 Å². The van der Waals surface area contributed by atoms with E-state index in [1.165, 1.54) is 0 Å². The number of nitrogens with zero attached hydrogens (tertiary/aromatic N) is 2. The Bertz CT molecular complexity index is 635. The van der Waals surface area contributed by atoms with E-state index in [-0.39, 0.29) is 0 Å². The zero-order valence-corrected chi connectivity index (χ0v) is 14.8. The van der Waals surface area contributed by atoms with Crippen LogP contribution < -0.4 is 10.1 Å². The first-order chi connectivity index (χ1) is 9.88. The Hall–Kier alpha value is -1.33. The van der Waals surface area contributed by atoms with Gasteiger partial charge < -0.3 is 10.1 Å². The molecule has 0 saturated carbocycles. The molecule has 1 aromatic carbocycles. The number of hydrogen-bond donors (Lipinski definition) is 1. The molecule has 2 rings (SSSR count). The summed E-state index contributed by atoms with van der Waals surface area (Å²) in [7, 11) is 1.93. The second-order valence-electron chi connectivity index (χ2n) is 5.51. The molecule has 21 heavy (non-hydrogen) atoms. The molecule has 1 heterocycles. The first-order valence-electron chi connectivity index (χ1n) is 7.08. The van der Waals surface area contributed by atoms with Crippen LogP contribution >= 0.6 is 15.9 Å². The number of hydrogen-bond acceptors (Lipinski definition) is 3. The molecular weight excluding hydrogens is 330 g/mol. The molecule has 2 aromatic rings. The molecule has 0 radical (unpaired) electrons. The van der Waals surface area contributed by atoms with Crippen LogP contribution in [0.5, 0.6) is 11.5 Å². The number of nitrogens with one attached hydrogen (secondary N) is 1. The Kier molecular flexibility index (Phi) is 5.06. The van der Waals surface area contributed by atoms with Gasteiger partial charge in [-0.05, 0) is 26.0 Å². The molecule has 0 amide bonds. The highest BCUT2D eigenvalue weighted by Gasteiger charge is 2.14. The maximum absolute atomic E-state index is 6.15. The molecule has 0 saturated heterocycles. The first-order valence-corrected chi connectivity index (χ1v) is 7.87. The van der Waals surface area contributed by atoms with Crippen molar-refractivity contribution >= 4 is 15.9 Å². The zero-order chi connectivity index (χ0) is 15.6. The van der Waals surface area contributed by atoms with E-state index < -0.39 is 0 Å². The minimum Gasteiger partial charge on any atom is -0.453 e. The van der Waals surface area contributed by atoms with Crippen molar-refractivity contribution in [3.63, 3.8) is 0 Å². The van der Waals surface area contributed by atoms with Gasteiger partial charge in [-0.1, -0.05) is 35.8 Å². The van der Waals surface area contributed by atoms with Crippen LogP contribution in [-0.2, 0) is 13.6 Å². The smallest absolute Gasteiger partial charge is 0.171 e. The molecule has 5 heteroatoms. The molecule has 1 aromatic heterocycles. The fourth-order valence-corrected chi connectivity index (χ4v) is 2.44. The monoisotopic (exact) mass is 351 g/mol. The van der Waals surface area contributed by atoms with Crippen molar-refractivity contribution in [2.45, 2.75) is 40.3 Å². The summed E-state index contributed by atoms with van der Waals surface area (Å²) in [6, 6.07) is 6.55. The summed E-state index contributed by atoms with van der Waals surface area (Å²) < 4.78 is 9.00. The largest absolute Gasteiger partial charge is 0.453 e. The number of benzene rings is 1. The van der Waals surface area contributed by atoms with Crippen LogP contribution in [0, 0.1) is 13.8 Å².